The molecule has 6 nitrogen and oxygen atoms in total. The molecule has 1 fully saturated rings. The Morgan fingerprint density at radius 1 is 1.08 bits per heavy atom. The Bertz CT molecular complexity index is 861. The number of hydrogen-bond acceptors (Lipinski definition) is 4. The molecule has 132 valence electrons. The predicted molar refractivity (Wildman–Crippen MR) is 99.1 cm³/mol. The van der Waals surface area contributed by atoms with Crippen molar-refractivity contribution in [3.8, 4) is 5.82 Å². The number of nitrogens with zero attached hydrogens (tertiary/aromatic N) is 5. The van der Waals surface area contributed by atoms with Crippen LogP contribution in [0.4, 0.5) is 0 Å². The number of hydrogen-bond donors (Lipinski definition) is 0. The molecule has 1 atom stereocenters. The largest absolute Gasteiger partial charge is 0.335 e. The molecule has 0 radical (unpaired) electrons. The first-order valence-corrected chi connectivity index (χ1v) is 8.73. The summed E-state index contributed by atoms with van der Waals surface area (Å²) < 4.78 is 1.68. The van der Waals surface area contributed by atoms with E-state index in [1.807, 2.05) is 47.5 Å². The molecule has 0 N–H and O–H groups in total. The third-order valence-corrected chi connectivity index (χ3v) is 4.85. The van der Waals surface area contributed by atoms with Crippen LogP contribution in [0, 0.1) is 0 Å². The first kappa shape index (κ1) is 16.5. The fourth-order valence-electron chi connectivity index (χ4n) is 3.33. The highest BCUT2D eigenvalue weighted by molar-refractivity contribution is 5.94. The fourth-order valence-corrected chi connectivity index (χ4v) is 3.33. The molecule has 0 spiro atoms. The highest BCUT2D eigenvalue weighted by atomic mass is 16.2. The van der Waals surface area contributed by atoms with Crippen LogP contribution in [0.2, 0.25) is 0 Å². The molecule has 1 saturated heterocycles. The SMILES string of the molecule is CN1CCN(C(=O)c2ccc(-n3cccn3)nc2)C[C@H]1c1ccccc1. The predicted octanol–water partition coefficient (Wildman–Crippen LogP) is 2.40. The van der Waals surface area contributed by atoms with Crippen LogP contribution in [0.3, 0.4) is 0 Å². The van der Waals surface area contributed by atoms with Crippen molar-refractivity contribution < 1.29 is 4.79 Å². The van der Waals surface area contributed by atoms with Gasteiger partial charge in [-0.15, -0.1) is 0 Å². The number of likely N-dealkylation sites (N-methyl/N-ethyl adjacent to an activating group) is 1. The second-order valence-corrected chi connectivity index (χ2v) is 6.51. The molecule has 0 saturated carbocycles. The van der Waals surface area contributed by atoms with Gasteiger partial charge in [0.25, 0.3) is 5.91 Å². The number of carbonyl (C=O) groups excluding carboxylic acids is 1. The number of piperazine rings is 1. The van der Waals surface area contributed by atoms with Crippen LogP contribution in [-0.2, 0) is 0 Å². The normalized spacial score (nSPS) is 18.0. The lowest BCUT2D eigenvalue weighted by Gasteiger charge is -2.39. The summed E-state index contributed by atoms with van der Waals surface area (Å²) in [6.07, 6.45) is 5.17. The molecule has 4 rings (SSSR count). The molecule has 1 aliphatic rings. The van der Waals surface area contributed by atoms with Gasteiger partial charge in [0.05, 0.1) is 11.6 Å². The molecule has 0 bridgehead atoms. The van der Waals surface area contributed by atoms with Gasteiger partial charge < -0.3 is 4.90 Å². The van der Waals surface area contributed by atoms with E-state index in [0.717, 1.165) is 13.1 Å². The third kappa shape index (κ3) is 3.23. The van der Waals surface area contributed by atoms with Gasteiger partial charge in [0, 0.05) is 38.2 Å². The van der Waals surface area contributed by atoms with Crippen LogP contribution in [0.25, 0.3) is 5.82 Å². The summed E-state index contributed by atoms with van der Waals surface area (Å²) >= 11 is 0. The second-order valence-electron chi connectivity index (χ2n) is 6.51. The van der Waals surface area contributed by atoms with E-state index in [9.17, 15) is 4.79 Å². The molecule has 6 heteroatoms. The van der Waals surface area contributed by atoms with Gasteiger partial charge in [0.1, 0.15) is 0 Å². The van der Waals surface area contributed by atoms with E-state index in [0.29, 0.717) is 17.9 Å². The number of aromatic nitrogens is 3. The first-order chi connectivity index (χ1) is 12.7. The van der Waals surface area contributed by atoms with Gasteiger partial charge in [-0.3, -0.25) is 9.69 Å². The molecular weight excluding hydrogens is 326 g/mol. The third-order valence-electron chi connectivity index (χ3n) is 4.85. The van der Waals surface area contributed by atoms with Crippen LogP contribution < -0.4 is 0 Å². The van der Waals surface area contributed by atoms with Crippen molar-refractivity contribution in [1.82, 2.24) is 24.6 Å². The Morgan fingerprint density at radius 3 is 2.62 bits per heavy atom. The van der Waals surface area contributed by atoms with Crippen molar-refractivity contribution >= 4 is 5.91 Å². The van der Waals surface area contributed by atoms with Gasteiger partial charge in [-0.1, -0.05) is 30.3 Å². The molecular formula is C20H21N5O. The molecule has 1 aromatic carbocycles. The van der Waals surface area contributed by atoms with Gasteiger partial charge in [-0.05, 0) is 30.8 Å². The van der Waals surface area contributed by atoms with Crippen molar-refractivity contribution in [2.24, 2.45) is 0 Å². The van der Waals surface area contributed by atoms with E-state index < -0.39 is 0 Å². The highest BCUT2D eigenvalue weighted by Gasteiger charge is 2.28. The van der Waals surface area contributed by atoms with Gasteiger partial charge in [0.15, 0.2) is 5.82 Å². The minimum Gasteiger partial charge on any atom is -0.335 e. The summed E-state index contributed by atoms with van der Waals surface area (Å²) in [5.74, 6) is 0.727. The summed E-state index contributed by atoms with van der Waals surface area (Å²) in [5.41, 5.74) is 1.84. The zero-order valence-corrected chi connectivity index (χ0v) is 14.7. The molecule has 0 aliphatic carbocycles. The average Bonchev–Trinajstić information content (AvgIpc) is 3.23. The minimum absolute atomic E-state index is 0.0264. The van der Waals surface area contributed by atoms with Crippen LogP contribution in [0.1, 0.15) is 22.0 Å². The van der Waals surface area contributed by atoms with Crippen molar-refractivity contribution in [3.63, 3.8) is 0 Å². The number of pyridine rings is 1. The van der Waals surface area contributed by atoms with Crippen molar-refractivity contribution in [1.29, 1.82) is 0 Å². The fraction of sp³-hybridized carbons (Fsp3) is 0.250. The van der Waals surface area contributed by atoms with E-state index in [2.05, 4.69) is 34.2 Å². The number of benzene rings is 1. The topological polar surface area (TPSA) is 54.3 Å². The Morgan fingerprint density at radius 2 is 1.92 bits per heavy atom. The van der Waals surface area contributed by atoms with Crippen LogP contribution >= 0.6 is 0 Å². The van der Waals surface area contributed by atoms with Gasteiger partial charge in [-0.25, -0.2) is 9.67 Å². The van der Waals surface area contributed by atoms with E-state index in [4.69, 9.17) is 0 Å². The standard InChI is InChI=1S/C20H21N5O/c1-23-12-13-24(15-18(23)16-6-3-2-4-7-16)20(26)17-8-9-19(21-14-17)25-11-5-10-22-25/h2-11,14,18H,12-13,15H2,1H3/t18-/m0/s1. The lowest BCUT2D eigenvalue weighted by Crippen LogP contribution is -2.49. The van der Waals surface area contributed by atoms with E-state index >= 15 is 0 Å². The first-order valence-electron chi connectivity index (χ1n) is 8.73. The summed E-state index contributed by atoms with van der Waals surface area (Å²) in [7, 11) is 2.11. The number of amides is 1. The quantitative estimate of drug-likeness (QED) is 0.730. The maximum Gasteiger partial charge on any atom is 0.255 e. The smallest absolute Gasteiger partial charge is 0.255 e. The number of carbonyl (C=O) groups is 1. The molecule has 0 unspecified atom stereocenters. The lowest BCUT2D eigenvalue weighted by atomic mass is 10.0. The van der Waals surface area contributed by atoms with E-state index in [1.165, 1.54) is 5.56 Å². The Labute approximate surface area is 152 Å². The van der Waals surface area contributed by atoms with Gasteiger partial charge in [-0.2, -0.15) is 5.10 Å². The Kier molecular flexibility index (Phi) is 4.50. The maximum absolute atomic E-state index is 12.9. The minimum atomic E-state index is 0.0264. The summed E-state index contributed by atoms with van der Waals surface area (Å²) in [5, 5.41) is 4.16. The molecule has 1 aliphatic heterocycles. The second kappa shape index (κ2) is 7.09. The van der Waals surface area contributed by atoms with Crippen molar-refractivity contribution in [2.45, 2.75) is 6.04 Å². The summed E-state index contributed by atoms with van der Waals surface area (Å²) in [6, 6.07) is 16.0. The Balaban J connectivity index is 1.51. The van der Waals surface area contributed by atoms with Crippen LogP contribution in [-0.4, -0.2) is 57.2 Å². The van der Waals surface area contributed by atoms with E-state index in [1.54, 1.807) is 17.1 Å². The van der Waals surface area contributed by atoms with Crippen molar-refractivity contribution in [3.05, 3.63) is 78.2 Å². The van der Waals surface area contributed by atoms with Gasteiger partial charge in [0.2, 0.25) is 0 Å². The average molecular weight is 347 g/mol. The molecule has 26 heavy (non-hydrogen) atoms. The van der Waals surface area contributed by atoms with E-state index in [-0.39, 0.29) is 11.9 Å². The van der Waals surface area contributed by atoms with Crippen molar-refractivity contribution in [2.75, 3.05) is 26.7 Å². The molecule has 1 amide bonds. The van der Waals surface area contributed by atoms with Crippen LogP contribution in [0.15, 0.2) is 67.1 Å². The zero-order chi connectivity index (χ0) is 17.9. The maximum atomic E-state index is 12.9. The Hall–Kier alpha value is -2.99. The number of rotatable bonds is 3. The highest BCUT2D eigenvalue weighted by Crippen LogP contribution is 2.24. The lowest BCUT2D eigenvalue weighted by molar-refractivity contribution is 0.0546. The summed E-state index contributed by atoms with van der Waals surface area (Å²) in [4.78, 5) is 21.5. The zero-order valence-electron chi connectivity index (χ0n) is 14.7. The monoisotopic (exact) mass is 347 g/mol. The van der Waals surface area contributed by atoms with Gasteiger partial charge >= 0.3 is 0 Å². The molecule has 3 aromatic rings. The summed E-state index contributed by atoms with van der Waals surface area (Å²) in [6.45, 7) is 2.25. The van der Waals surface area contributed by atoms with Crippen LogP contribution in [0.5, 0.6) is 0 Å². The molecule has 3 heterocycles. The molecule has 2 aromatic heterocycles.